The number of sulfone groups is 1. The quantitative estimate of drug-likeness (QED) is 0.902. The number of hydrogen-bond donors (Lipinski definition) is 1. The summed E-state index contributed by atoms with van der Waals surface area (Å²) in [5.74, 6) is -0.600. The molecule has 0 unspecified atom stereocenters. The number of hydrogen-bond acceptors (Lipinski definition) is 4. The molecule has 1 aromatic carbocycles. The highest BCUT2D eigenvalue weighted by Crippen LogP contribution is 2.19. The van der Waals surface area contributed by atoms with Crippen LogP contribution < -0.4 is 4.74 Å². The molecule has 20 heavy (non-hydrogen) atoms. The topological polar surface area (TPSA) is 80.7 Å². The van der Waals surface area contributed by atoms with E-state index in [1.165, 1.54) is 12.1 Å². The largest absolute Gasteiger partial charge is 0.493 e. The second kappa shape index (κ2) is 5.83. The average molecular weight is 300 g/mol. The first-order valence-electron chi connectivity index (χ1n) is 6.23. The lowest BCUT2D eigenvalue weighted by atomic mass is 10.1. The number of aromatic carboxylic acids is 1. The molecule has 0 aromatic heterocycles. The van der Waals surface area contributed by atoms with Crippen molar-refractivity contribution < 1.29 is 23.1 Å². The van der Waals surface area contributed by atoms with Crippen molar-refractivity contribution in [2.45, 2.75) is 32.4 Å². The van der Waals surface area contributed by atoms with Gasteiger partial charge >= 0.3 is 5.97 Å². The van der Waals surface area contributed by atoms with Crippen LogP contribution >= 0.6 is 0 Å². The van der Waals surface area contributed by atoms with E-state index in [0.717, 1.165) is 0 Å². The van der Waals surface area contributed by atoms with Crippen LogP contribution in [0.4, 0.5) is 0 Å². The maximum atomic E-state index is 11.9. The molecule has 1 N–H and O–H groups in total. The number of rotatable bonds is 5. The lowest BCUT2D eigenvalue weighted by Crippen LogP contribution is -2.32. The summed E-state index contributed by atoms with van der Waals surface area (Å²) >= 11 is 0. The minimum atomic E-state index is -3.22. The minimum absolute atomic E-state index is 0.0471. The summed E-state index contributed by atoms with van der Waals surface area (Å²) in [6.07, 6.45) is 0. The number of benzene rings is 1. The van der Waals surface area contributed by atoms with Crippen molar-refractivity contribution in [2.75, 3.05) is 12.4 Å². The summed E-state index contributed by atoms with van der Waals surface area (Å²) in [7, 11) is -3.22. The molecule has 0 amide bonds. The van der Waals surface area contributed by atoms with Crippen LogP contribution in [-0.4, -0.2) is 36.6 Å². The van der Waals surface area contributed by atoms with Gasteiger partial charge in [-0.05, 0) is 51.5 Å². The van der Waals surface area contributed by atoms with Crippen LogP contribution in [0.1, 0.15) is 36.7 Å². The Kier molecular flexibility index (Phi) is 4.81. The fourth-order valence-corrected chi connectivity index (χ4v) is 2.46. The van der Waals surface area contributed by atoms with E-state index >= 15 is 0 Å². The predicted octanol–water partition coefficient (Wildman–Crippen LogP) is 2.29. The number of aryl methyl sites for hydroxylation is 1. The maximum Gasteiger partial charge on any atom is 0.335 e. The molecule has 0 saturated heterocycles. The number of carboxylic acid groups (broad SMARTS) is 1. The van der Waals surface area contributed by atoms with Crippen molar-refractivity contribution in [2.24, 2.45) is 0 Å². The first kappa shape index (κ1) is 16.5. The Morgan fingerprint density at radius 1 is 1.30 bits per heavy atom. The first-order chi connectivity index (χ1) is 9.04. The molecule has 0 spiro atoms. The number of ether oxygens (including phenoxy) is 1. The highest BCUT2D eigenvalue weighted by Gasteiger charge is 2.28. The lowest BCUT2D eigenvalue weighted by molar-refractivity contribution is 0.0696. The van der Waals surface area contributed by atoms with Crippen molar-refractivity contribution >= 4 is 15.8 Å². The maximum absolute atomic E-state index is 11.9. The van der Waals surface area contributed by atoms with E-state index in [1.54, 1.807) is 33.8 Å². The second-order valence-corrected chi connectivity index (χ2v) is 8.42. The van der Waals surface area contributed by atoms with Gasteiger partial charge in [-0.15, -0.1) is 0 Å². The zero-order chi connectivity index (χ0) is 15.6. The van der Waals surface area contributed by atoms with Gasteiger partial charge in [0, 0.05) is 0 Å². The Balaban J connectivity index is 2.69. The van der Waals surface area contributed by atoms with E-state index < -0.39 is 20.6 Å². The van der Waals surface area contributed by atoms with Gasteiger partial charge in [-0.1, -0.05) is 0 Å². The van der Waals surface area contributed by atoms with Gasteiger partial charge in [-0.2, -0.15) is 0 Å². The fourth-order valence-electron chi connectivity index (χ4n) is 1.54. The van der Waals surface area contributed by atoms with Gasteiger partial charge in [0.05, 0.1) is 16.1 Å². The molecule has 0 aliphatic rings. The van der Waals surface area contributed by atoms with Crippen LogP contribution in [0.15, 0.2) is 18.2 Å². The van der Waals surface area contributed by atoms with E-state index in [4.69, 9.17) is 9.84 Å². The molecular formula is C14H20O5S. The first-order valence-corrected chi connectivity index (χ1v) is 7.89. The fraction of sp³-hybridized carbons (Fsp3) is 0.500. The molecule has 0 heterocycles. The molecule has 0 aliphatic carbocycles. The van der Waals surface area contributed by atoms with E-state index in [-0.39, 0.29) is 17.9 Å². The molecule has 0 fully saturated rings. The normalized spacial score (nSPS) is 12.2. The van der Waals surface area contributed by atoms with Crippen LogP contribution in [-0.2, 0) is 9.84 Å². The van der Waals surface area contributed by atoms with Gasteiger partial charge < -0.3 is 9.84 Å². The third-order valence-electron chi connectivity index (χ3n) is 2.98. The Labute approximate surface area is 119 Å². The molecule has 1 rings (SSSR count). The standard InChI is InChI=1S/C14H20O5S/c1-10-9-11(5-6-12(10)13(15)16)19-7-8-20(17,18)14(2,3)4/h5-6,9H,7-8H2,1-4H3,(H,15,16). The van der Waals surface area contributed by atoms with E-state index in [1.807, 2.05) is 0 Å². The van der Waals surface area contributed by atoms with Gasteiger partial charge in [0.25, 0.3) is 0 Å². The summed E-state index contributed by atoms with van der Waals surface area (Å²) in [5, 5.41) is 8.91. The highest BCUT2D eigenvalue weighted by atomic mass is 32.2. The molecule has 0 saturated carbocycles. The van der Waals surface area contributed by atoms with Crippen molar-refractivity contribution in [1.29, 1.82) is 0 Å². The predicted molar refractivity (Wildman–Crippen MR) is 77.2 cm³/mol. The molecule has 0 aliphatic heterocycles. The van der Waals surface area contributed by atoms with Gasteiger partial charge in [0.2, 0.25) is 0 Å². The van der Waals surface area contributed by atoms with Crippen LogP contribution in [0.2, 0.25) is 0 Å². The van der Waals surface area contributed by atoms with Crippen LogP contribution in [0.5, 0.6) is 5.75 Å². The summed E-state index contributed by atoms with van der Waals surface area (Å²) in [5.41, 5.74) is 0.786. The zero-order valence-electron chi connectivity index (χ0n) is 12.1. The van der Waals surface area contributed by atoms with Crippen LogP contribution in [0.3, 0.4) is 0 Å². The molecule has 0 radical (unpaired) electrons. The number of carbonyl (C=O) groups is 1. The molecule has 1 aromatic rings. The summed E-state index contributed by atoms with van der Waals surface area (Å²) in [6, 6.07) is 4.57. The van der Waals surface area contributed by atoms with Crippen LogP contribution in [0, 0.1) is 6.92 Å². The molecular weight excluding hydrogens is 280 g/mol. The molecule has 0 bridgehead atoms. The van der Waals surface area contributed by atoms with Crippen molar-refractivity contribution in [3.63, 3.8) is 0 Å². The van der Waals surface area contributed by atoms with E-state index in [2.05, 4.69) is 0 Å². The van der Waals surface area contributed by atoms with E-state index in [9.17, 15) is 13.2 Å². The Bertz CT molecular complexity index is 596. The zero-order valence-corrected chi connectivity index (χ0v) is 13.0. The van der Waals surface area contributed by atoms with E-state index in [0.29, 0.717) is 11.3 Å². The summed E-state index contributed by atoms with van der Waals surface area (Å²) < 4.78 is 28.4. The van der Waals surface area contributed by atoms with Crippen molar-refractivity contribution in [3.05, 3.63) is 29.3 Å². The molecule has 5 nitrogen and oxygen atoms in total. The molecule has 6 heteroatoms. The van der Waals surface area contributed by atoms with Gasteiger partial charge in [0.15, 0.2) is 9.84 Å². The second-order valence-electron chi connectivity index (χ2n) is 5.56. The Hall–Kier alpha value is -1.56. The third-order valence-corrected chi connectivity index (χ3v) is 5.55. The Morgan fingerprint density at radius 2 is 1.90 bits per heavy atom. The molecule has 112 valence electrons. The molecule has 0 atom stereocenters. The van der Waals surface area contributed by atoms with Crippen LogP contribution in [0.25, 0.3) is 0 Å². The monoisotopic (exact) mass is 300 g/mol. The summed E-state index contributed by atoms with van der Waals surface area (Å²) in [6.45, 7) is 6.66. The SMILES string of the molecule is Cc1cc(OCCS(=O)(=O)C(C)(C)C)ccc1C(=O)O. The summed E-state index contributed by atoms with van der Waals surface area (Å²) in [4.78, 5) is 10.9. The smallest absolute Gasteiger partial charge is 0.335 e. The van der Waals surface area contributed by atoms with Gasteiger partial charge in [-0.3, -0.25) is 0 Å². The highest BCUT2D eigenvalue weighted by molar-refractivity contribution is 7.92. The number of carboxylic acids is 1. The average Bonchev–Trinajstić information content (AvgIpc) is 2.26. The minimum Gasteiger partial charge on any atom is -0.493 e. The van der Waals surface area contributed by atoms with Gasteiger partial charge in [0.1, 0.15) is 12.4 Å². The van der Waals surface area contributed by atoms with Crippen molar-refractivity contribution in [3.8, 4) is 5.75 Å². The lowest BCUT2D eigenvalue weighted by Gasteiger charge is -2.19. The van der Waals surface area contributed by atoms with Crippen molar-refractivity contribution in [1.82, 2.24) is 0 Å². The third kappa shape index (κ3) is 3.96. The van der Waals surface area contributed by atoms with Gasteiger partial charge in [-0.25, -0.2) is 13.2 Å². The Morgan fingerprint density at radius 3 is 2.35 bits per heavy atom.